The molecular weight excluding hydrogens is 320 g/mol. The third-order valence-corrected chi connectivity index (χ3v) is 3.81. The second kappa shape index (κ2) is 5.36. The number of hydrogen-bond donors (Lipinski definition) is 1. The third-order valence-electron chi connectivity index (χ3n) is 3.31. The van der Waals surface area contributed by atoms with Crippen LogP contribution in [0.4, 0.5) is 0 Å². The predicted octanol–water partition coefficient (Wildman–Crippen LogP) is 2.72. The summed E-state index contributed by atoms with van der Waals surface area (Å²) in [6, 6.07) is 7.90. The Morgan fingerprint density at radius 3 is 3.00 bits per heavy atom. The van der Waals surface area contributed by atoms with E-state index in [1.807, 2.05) is 24.3 Å². The molecule has 1 heterocycles. The van der Waals surface area contributed by atoms with Crippen molar-refractivity contribution in [1.82, 2.24) is 20.1 Å². The molecule has 3 rings (SSSR count). The number of benzene rings is 1. The summed E-state index contributed by atoms with van der Waals surface area (Å²) in [5.74, 6) is 1.40. The maximum Gasteiger partial charge on any atom is 0.293 e. The summed E-state index contributed by atoms with van der Waals surface area (Å²) in [6.07, 6.45) is 2.27. The van der Waals surface area contributed by atoms with E-state index < -0.39 is 0 Å². The largest absolute Gasteiger partial charge is 0.335 e. The number of halogens is 1. The van der Waals surface area contributed by atoms with Crippen LogP contribution in [0.5, 0.6) is 0 Å². The minimum atomic E-state index is -0.159. The van der Waals surface area contributed by atoms with E-state index >= 15 is 0 Å². The number of aromatic amines is 1. The van der Waals surface area contributed by atoms with Crippen molar-refractivity contribution in [1.29, 1.82) is 0 Å². The first kappa shape index (κ1) is 13.3. The maximum absolute atomic E-state index is 12.3. The normalized spacial score (nSPS) is 14.3. The molecule has 0 unspecified atom stereocenters. The molecule has 104 valence electrons. The van der Waals surface area contributed by atoms with Gasteiger partial charge >= 0.3 is 0 Å². The molecule has 1 aromatic heterocycles. The van der Waals surface area contributed by atoms with Gasteiger partial charge in [0.25, 0.3) is 5.91 Å². The van der Waals surface area contributed by atoms with Crippen LogP contribution in [0, 0.1) is 0 Å². The van der Waals surface area contributed by atoms with E-state index in [0.717, 1.165) is 28.7 Å². The lowest BCUT2D eigenvalue weighted by Gasteiger charge is -2.15. The van der Waals surface area contributed by atoms with Crippen molar-refractivity contribution >= 4 is 21.8 Å². The van der Waals surface area contributed by atoms with Gasteiger partial charge in [0, 0.05) is 24.0 Å². The highest BCUT2D eigenvalue weighted by atomic mass is 79.9. The average Bonchev–Trinajstić information content (AvgIpc) is 3.16. The van der Waals surface area contributed by atoms with Crippen LogP contribution >= 0.6 is 15.9 Å². The van der Waals surface area contributed by atoms with E-state index in [9.17, 15) is 4.79 Å². The SMILES string of the molecule is CN(Cc1cccc(Br)c1)C(=O)c1n[nH]c(C2CC2)n1. The van der Waals surface area contributed by atoms with Gasteiger partial charge < -0.3 is 4.90 Å². The second-order valence-corrected chi connectivity index (χ2v) is 6.03. The van der Waals surface area contributed by atoms with Crippen molar-refractivity contribution < 1.29 is 4.79 Å². The highest BCUT2D eigenvalue weighted by Gasteiger charge is 2.28. The summed E-state index contributed by atoms with van der Waals surface area (Å²) in [6.45, 7) is 0.533. The zero-order chi connectivity index (χ0) is 14.1. The first-order valence-electron chi connectivity index (χ1n) is 6.55. The van der Waals surface area contributed by atoms with E-state index in [4.69, 9.17) is 0 Å². The van der Waals surface area contributed by atoms with Crippen LogP contribution in [0.25, 0.3) is 0 Å². The molecule has 1 amide bonds. The number of nitrogens with zero attached hydrogens (tertiary/aromatic N) is 3. The summed E-state index contributed by atoms with van der Waals surface area (Å²) in [5.41, 5.74) is 1.06. The first-order valence-corrected chi connectivity index (χ1v) is 7.35. The molecule has 0 radical (unpaired) electrons. The predicted molar refractivity (Wildman–Crippen MR) is 78.3 cm³/mol. The van der Waals surface area contributed by atoms with Gasteiger partial charge in [-0.15, -0.1) is 5.10 Å². The monoisotopic (exact) mass is 334 g/mol. The number of rotatable bonds is 4. The summed E-state index contributed by atoms with van der Waals surface area (Å²) < 4.78 is 1.00. The van der Waals surface area contributed by atoms with Crippen LogP contribution in [0.15, 0.2) is 28.7 Å². The lowest BCUT2D eigenvalue weighted by Crippen LogP contribution is -2.27. The van der Waals surface area contributed by atoms with Crippen LogP contribution in [-0.2, 0) is 6.54 Å². The van der Waals surface area contributed by atoms with Gasteiger partial charge in [0.2, 0.25) is 5.82 Å². The topological polar surface area (TPSA) is 61.9 Å². The van der Waals surface area contributed by atoms with Gasteiger partial charge in [0.1, 0.15) is 5.82 Å². The number of carbonyl (C=O) groups excluding carboxylic acids is 1. The smallest absolute Gasteiger partial charge is 0.293 e. The summed E-state index contributed by atoms with van der Waals surface area (Å²) in [5, 5.41) is 6.88. The van der Waals surface area contributed by atoms with Gasteiger partial charge in [-0.1, -0.05) is 28.1 Å². The fourth-order valence-electron chi connectivity index (χ4n) is 2.06. The maximum atomic E-state index is 12.3. The Bertz CT molecular complexity index is 636. The Labute approximate surface area is 125 Å². The fraction of sp³-hybridized carbons (Fsp3) is 0.357. The van der Waals surface area contributed by atoms with Crippen LogP contribution in [0.2, 0.25) is 0 Å². The lowest BCUT2D eigenvalue weighted by molar-refractivity contribution is 0.0773. The Morgan fingerprint density at radius 2 is 2.30 bits per heavy atom. The second-order valence-electron chi connectivity index (χ2n) is 5.11. The Hall–Kier alpha value is -1.69. The minimum absolute atomic E-state index is 0.159. The van der Waals surface area contributed by atoms with E-state index in [1.54, 1.807) is 11.9 Å². The van der Waals surface area contributed by atoms with E-state index in [2.05, 4.69) is 31.1 Å². The van der Waals surface area contributed by atoms with Gasteiger partial charge in [0.15, 0.2) is 0 Å². The zero-order valence-electron chi connectivity index (χ0n) is 11.1. The Balaban J connectivity index is 1.69. The molecule has 6 heteroatoms. The standard InChI is InChI=1S/C14H15BrN4O/c1-19(8-9-3-2-4-11(15)7-9)14(20)13-16-12(17-18-13)10-5-6-10/h2-4,7,10H,5-6,8H2,1H3,(H,16,17,18). The van der Waals surface area contributed by atoms with E-state index in [0.29, 0.717) is 12.5 Å². The van der Waals surface area contributed by atoms with Crippen LogP contribution in [0.3, 0.4) is 0 Å². The average molecular weight is 335 g/mol. The van der Waals surface area contributed by atoms with E-state index in [-0.39, 0.29) is 11.7 Å². The molecule has 1 N–H and O–H groups in total. The van der Waals surface area contributed by atoms with Crippen molar-refractivity contribution in [2.45, 2.75) is 25.3 Å². The van der Waals surface area contributed by atoms with Crippen molar-refractivity contribution in [3.63, 3.8) is 0 Å². The van der Waals surface area contributed by atoms with Gasteiger partial charge in [0.05, 0.1) is 0 Å². The molecule has 2 aromatic rings. The molecule has 1 aliphatic rings. The van der Waals surface area contributed by atoms with Crippen LogP contribution in [0.1, 0.15) is 40.8 Å². The quantitative estimate of drug-likeness (QED) is 0.934. The van der Waals surface area contributed by atoms with Gasteiger partial charge in [-0.2, -0.15) is 0 Å². The summed E-state index contributed by atoms with van der Waals surface area (Å²) in [7, 11) is 1.76. The molecule has 0 bridgehead atoms. The molecule has 5 nitrogen and oxygen atoms in total. The molecule has 0 saturated heterocycles. The molecule has 0 spiro atoms. The van der Waals surface area contributed by atoms with E-state index in [1.165, 1.54) is 0 Å². The fourth-order valence-corrected chi connectivity index (χ4v) is 2.51. The molecule has 1 aromatic carbocycles. The van der Waals surface area contributed by atoms with Crippen LogP contribution < -0.4 is 0 Å². The van der Waals surface area contributed by atoms with Crippen molar-refractivity contribution in [3.8, 4) is 0 Å². The van der Waals surface area contributed by atoms with Crippen molar-refractivity contribution in [2.75, 3.05) is 7.05 Å². The first-order chi connectivity index (χ1) is 9.63. The highest BCUT2D eigenvalue weighted by molar-refractivity contribution is 9.10. The number of hydrogen-bond acceptors (Lipinski definition) is 3. The molecule has 1 fully saturated rings. The number of H-pyrrole nitrogens is 1. The van der Waals surface area contributed by atoms with Crippen molar-refractivity contribution in [2.24, 2.45) is 0 Å². The Kier molecular flexibility index (Phi) is 3.56. The van der Waals surface area contributed by atoms with Gasteiger partial charge in [-0.3, -0.25) is 9.89 Å². The number of aromatic nitrogens is 3. The lowest BCUT2D eigenvalue weighted by atomic mass is 10.2. The number of nitrogens with one attached hydrogen (secondary N) is 1. The Morgan fingerprint density at radius 1 is 1.50 bits per heavy atom. The highest BCUT2D eigenvalue weighted by Crippen LogP contribution is 2.37. The molecular formula is C14H15BrN4O. The molecule has 20 heavy (non-hydrogen) atoms. The minimum Gasteiger partial charge on any atom is -0.335 e. The summed E-state index contributed by atoms with van der Waals surface area (Å²) >= 11 is 3.43. The number of carbonyl (C=O) groups is 1. The number of amides is 1. The summed E-state index contributed by atoms with van der Waals surface area (Å²) in [4.78, 5) is 18.2. The van der Waals surface area contributed by atoms with Crippen LogP contribution in [-0.4, -0.2) is 33.0 Å². The molecule has 1 aliphatic carbocycles. The third kappa shape index (κ3) is 2.90. The van der Waals surface area contributed by atoms with Gasteiger partial charge in [-0.25, -0.2) is 4.98 Å². The van der Waals surface area contributed by atoms with Gasteiger partial charge in [-0.05, 0) is 30.5 Å². The molecule has 0 atom stereocenters. The van der Waals surface area contributed by atoms with Crippen molar-refractivity contribution in [3.05, 3.63) is 46.0 Å². The zero-order valence-corrected chi connectivity index (χ0v) is 12.7. The molecule has 1 saturated carbocycles. The molecule has 0 aliphatic heterocycles.